The Morgan fingerprint density at radius 3 is 2.79 bits per heavy atom. The largest absolute Gasteiger partial charge is 0.493 e. The van der Waals surface area contributed by atoms with Crippen LogP contribution >= 0.6 is 0 Å². The predicted molar refractivity (Wildman–Crippen MR) is 88.6 cm³/mol. The zero-order valence-corrected chi connectivity index (χ0v) is 14.0. The van der Waals surface area contributed by atoms with E-state index in [2.05, 4.69) is 20.6 Å². The highest BCUT2D eigenvalue weighted by Crippen LogP contribution is 2.31. The van der Waals surface area contributed by atoms with Crippen molar-refractivity contribution < 1.29 is 14.3 Å². The summed E-state index contributed by atoms with van der Waals surface area (Å²) in [6, 6.07) is 3.87. The summed E-state index contributed by atoms with van der Waals surface area (Å²) in [5, 5.41) is 14.0. The van der Waals surface area contributed by atoms with Crippen molar-refractivity contribution in [2.24, 2.45) is 0 Å². The number of tetrazole rings is 1. The maximum atomic E-state index is 11.6. The van der Waals surface area contributed by atoms with Crippen molar-refractivity contribution in [3.63, 3.8) is 0 Å². The number of H-pyrrole nitrogens is 1. The minimum Gasteiger partial charge on any atom is -0.493 e. The van der Waals surface area contributed by atoms with Gasteiger partial charge in [0.25, 0.3) is 0 Å². The number of aromatic nitrogens is 4. The monoisotopic (exact) mass is 328 g/mol. The molecule has 0 aliphatic heterocycles. The number of hydrogen-bond acceptors (Lipinski definition) is 6. The van der Waals surface area contributed by atoms with E-state index in [0.717, 1.165) is 22.4 Å². The van der Waals surface area contributed by atoms with Crippen molar-refractivity contribution in [1.29, 1.82) is 0 Å². The molecule has 0 bridgehead atoms. The van der Waals surface area contributed by atoms with Crippen molar-refractivity contribution in [1.82, 2.24) is 20.6 Å². The van der Waals surface area contributed by atoms with Crippen LogP contribution in [0.1, 0.15) is 30.9 Å². The molecule has 0 unspecified atom stereocenters. The van der Waals surface area contributed by atoms with Crippen LogP contribution in [0.3, 0.4) is 0 Å². The number of carbonyl (C=O) groups excluding carboxylic acids is 2. The molecule has 126 valence electrons. The molecule has 0 saturated carbocycles. The third-order valence-electron chi connectivity index (χ3n) is 3.58. The fourth-order valence-electron chi connectivity index (χ4n) is 2.35. The Bertz CT molecular complexity index is 751. The van der Waals surface area contributed by atoms with Gasteiger partial charge in [0.1, 0.15) is 12.0 Å². The van der Waals surface area contributed by atoms with Crippen LogP contribution in [0.2, 0.25) is 0 Å². The molecule has 0 radical (unpaired) electrons. The summed E-state index contributed by atoms with van der Waals surface area (Å²) in [7, 11) is 0. The predicted octanol–water partition coefficient (Wildman–Crippen LogP) is 2.36. The standard InChI is InChI=1S/C17H20N4O3/c1-11(10-22)9-14(23)5-4-8-24-16-12(2)6-7-15(13(16)3)17-18-20-21-19-17/h6-7,9-10H,4-5,8H2,1-3H3,(H,18,19,20,21). The molecule has 0 aliphatic carbocycles. The lowest BCUT2D eigenvalue weighted by molar-refractivity contribution is -0.115. The fourth-order valence-corrected chi connectivity index (χ4v) is 2.35. The van der Waals surface area contributed by atoms with Crippen LogP contribution < -0.4 is 4.74 Å². The molecule has 0 atom stereocenters. The average Bonchev–Trinajstić information content (AvgIpc) is 3.08. The number of benzene rings is 1. The van der Waals surface area contributed by atoms with E-state index in [1.54, 1.807) is 6.92 Å². The molecule has 0 saturated heterocycles. The highest BCUT2D eigenvalue weighted by Gasteiger charge is 2.13. The van der Waals surface area contributed by atoms with E-state index in [0.29, 0.717) is 37.1 Å². The van der Waals surface area contributed by atoms with Crippen molar-refractivity contribution in [3.8, 4) is 17.1 Å². The van der Waals surface area contributed by atoms with E-state index in [-0.39, 0.29) is 5.78 Å². The van der Waals surface area contributed by atoms with Crippen LogP contribution in [0.25, 0.3) is 11.4 Å². The second-order valence-corrected chi connectivity index (χ2v) is 5.54. The highest BCUT2D eigenvalue weighted by atomic mass is 16.5. The second kappa shape index (κ2) is 8.14. The third kappa shape index (κ3) is 4.34. The number of hydrogen-bond donors (Lipinski definition) is 1. The van der Waals surface area contributed by atoms with E-state index in [9.17, 15) is 9.59 Å². The minimum atomic E-state index is -0.0720. The molecule has 1 N–H and O–H groups in total. The van der Waals surface area contributed by atoms with Gasteiger partial charge in [-0.1, -0.05) is 12.1 Å². The van der Waals surface area contributed by atoms with Crippen LogP contribution in [0.15, 0.2) is 23.8 Å². The van der Waals surface area contributed by atoms with Crippen molar-refractivity contribution >= 4 is 12.1 Å². The van der Waals surface area contributed by atoms with Gasteiger partial charge in [-0.25, -0.2) is 0 Å². The molecule has 2 aromatic rings. The van der Waals surface area contributed by atoms with Crippen LogP contribution in [-0.4, -0.2) is 39.3 Å². The molecule has 7 nitrogen and oxygen atoms in total. The quantitative estimate of drug-likeness (QED) is 0.454. The number of aromatic amines is 1. The SMILES string of the molecule is CC(C=O)=CC(=O)CCCOc1c(C)ccc(-c2nn[nH]n2)c1C. The number of ketones is 1. The van der Waals surface area contributed by atoms with E-state index in [1.807, 2.05) is 26.0 Å². The lowest BCUT2D eigenvalue weighted by atomic mass is 10.0. The van der Waals surface area contributed by atoms with E-state index in [4.69, 9.17) is 4.74 Å². The zero-order valence-electron chi connectivity index (χ0n) is 14.0. The normalized spacial score (nSPS) is 11.4. The van der Waals surface area contributed by atoms with Crippen LogP contribution in [-0.2, 0) is 9.59 Å². The Labute approximate surface area is 140 Å². The van der Waals surface area contributed by atoms with Crippen LogP contribution in [0.4, 0.5) is 0 Å². The van der Waals surface area contributed by atoms with Crippen molar-refractivity contribution in [2.75, 3.05) is 6.61 Å². The van der Waals surface area contributed by atoms with E-state index >= 15 is 0 Å². The first kappa shape index (κ1) is 17.5. The molecule has 0 spiro atoms. The molecule has 1 aromatic heterocycles. The van der Waals surface area contributed by atoms with E-state index < -0.39 is 0 Å². The molecule has 0 fully saturated rings. The maximum Gasteiger partial charge on any atom is 0.205 e. The zero-order chi connectivity index (χ0) is 17.5. The molecular weight excluding hydrogens is 308 g/mol. The Balaban J connectivity index is 1.99. The van der Waals surface area contributed by atoms with Gasteiger partial charge in [-0.05, 0) is 49.6 Å². The summed E-state index contributed by atoms with van der Waals surface area (Å²) in [6.07, 6.45) is 2.95. The first-order valence-electron chi connectivity index (χ1n) is 7.66. The summed E-state index contributed by atoms with van der Waals surface area (Å²) in [5.74, 6) is 1.21. The minimum absolute atomic E-state index is 0.0720. The molecule has 7 heteroatoms. The third-order valence-corrected chi connectivity index (χ3v) is 3.58. The molecule has 1 aromatic carbocycles. The highest BCUT2D eigenvalue weighted by molar-refractivity contribution is 5.94. The number of nitrogens with zero attached hydrogens (tertiary/aromatic N) is 3. The van der Waals surface area contributed by atoms with Crippen LogP contribution in [0.5, 0.6) is 5.75 Å². The van der Waals surface area contributed by atoms with Gasteiger partial charge in [0, 0.05) is 17.5 Å². The van der Waals surface area contributed by atoms with Crippen molar-refractivity contribution in [3.05, 3.63) is 34.9 Å². The van der Waals surface area contributed by atoms with Gasteiger partial charge in [-0.3, -0.25) is 9.59 Å². The fraction of sp³-hybridized carbons (Fsp3) is 0.353. The number of aryl methyl sites for hydroxylation is 1. The maximum absolute atomic E-state index is 11.6. The summed E-state index contributed by atoms with van der Waals surface area (Å²) < 4.78 is 5.86. The number of nitrogens with one attached hydrogen (secondary N) is 1. The first-order valence-corrected chi connectivity index (χ1v) is 7.66. The summed E-state index contributed by atoms with van der Waals surface area (Å²) >= 11 is 0. The van der Waals surface area contributed by atoms with Gasteiger partial charge < -0.3 is 4.74 Å². The number of rotatable bonds is 8. The van der Waals surface area contributed by atoms with Gasteiger partial charge in [0.15, 0.2) is 5.78 Å². The topological polar surface area (TPSA) is 97.8 Å². The van der Waals surface area contributed by atoms with Gasteiger partial charge in [-0.15, -0.1) is 10.2 Å². The Morgan fingerprint density at radius 2 is 2.12 bits per heavy atom. The molecule has 1 heterocycles. The van der Waals surface area contributed by atoms with Gasteiger partial charge in [-0.2, -0.15) is 5.21 Å². The lowest BCUT2D eigenvalue weighted by Gasteiger charge is -2.14. The summed E-state index contributed by atoms with van der Waals surface area (Å²) in [4.78, 5) is 22.1. The smallest absolute Gasteiger partial charge is 0.205 e. The summed E-state index contributed by atoms with van der Waals surface area (Å²) in [6.45, 7) is 5.92. The molecule has 2 rings (SSSR count). The molecule has 24 heavy (non-hydrogen) atoms. The molecular formula is C17H20N4O3. The number of aldehydes is 1. The Kier molecular flexibility index (Phi) is 5.95. The Hall–Kier alpha value is -2.83. The van der Waals surface area contributed by atoms with Gasteiger partial charge in [0.05, 0.1) is 6.61 Å². The molecule has 0 aliphatic rings. The number of ether oxygens (including phenoxy) is 1. The Morgan fingerprint density at radius 1 is 1.33 bits per heavy atom. The second-order valence-electron chi connectivity index (χ2n) is 5.54. The number of allylic oxidation sites excluding steroid dienone is 2. The van der Waals surface area contributed by atoms with Crippen LogP contribution in [0, 0.1) is 13.8 Å². The van der Waals surface area contributed by atoms with Gasteiger partial charge in [0.2, 0.25) is 5.82 Å². The van der Waals surface area contributed by atoms with Gasteiger partial charge >= 0.3 is 0 Å². The van der Waals surface area contributed by atoms with Crippen molar-refractivity contribution in [2.45, 2.75) is 33.6 Å². The number of carbonyl (C=O) groups is 2. The first-order chi connectivity index (χ1) is 11.5. The van der Waals surface area contributed by atoms with E-state index in [1.165, 1.54) is 6.08 Å². The molecule has 0 amide bonds. The summed E-state index contributed by atoms with van der Waals surface area (Å²) in [5.41, 5.74) is 3.22. The average molecular weight is 328 g/mol. The lowest BCUT2D eigenvalue weighted by Crippen LogP contribution is -2.04.